The summed E-state index contributed by atoms with van der Waals surface area (Å²) in [4.78, 5) is 17.6. The summed E-state index contributed by atoms with van der Waals surface area (Å²) in [5, 5.41) is 10.4. The number of hydrogen-bond acceptors (Lipinski definition) is 4. The minimum absolute atomic E-state index is 0.229. The second kappa shape index (κ2) is 5.65. The zero-order chi connectivity index (χ0) is 13.1. The highest BCUT2D eigenvalue weighted by atomic mass is 35.5. The summed E-state index contributed by atoms with van der Waals surface area (Å²) in [5.41, 5.74) is 6.26. The van der Waals surface area contributed by atoms with E-state index in [0.717, 1.165) is 12.8 Å². The predicted molar refractivity (Wildman–Crippen MR) is 68.0 cm³/mol. The topological polar surface area (TPSA) is 79.5 Å². The first kappa shape index (κ1) is 13.3. The number of aliphatic hydroxyl groups excluding tert-OH is 1. The van der Waals surface area contributed by atoms with E-state index in [-0.39, 0.29) is 5.91 Å². The molecule has 0 saturated carbocycles. The van der Waals surface area contributed by atoms with Crippen LogP contribution in [0.1, 0.15) is 24.5 Å². The number of aromatic nitrogens is 1. The molecule has 1 aromatic rings. The van der Waals surface area contributed by atoms with E-state index in [1.165, 1.54) is 12.4 Å². The van der Waals surface area contributed by atoms with E-state index in [9.17, 15) is 9.90 Å². The average Bonchev–Trinajstić information content (AvgIpc) is 2.90. The molecule has 1 fully saturated rings. The van der Waals surface area contributed by atoms with Gasteiger partial charge < -0.3 is 15.7 Å². The van der Waals surface area contributed by atoms with Gasteiger partial charge in [0.1, 0.15) is 12.1 Å². The molecule has 2 heterocycles. The number of nitrogens with zero attached hydrogens (tertiary/aromatic N) is 2. The summed E-state index contributed by atoms with van der Waals surface area (Å²) >= 11 is 5.92. The highest BCUT2D eigenvalue weighted by molar-refractivity contribution is 6.31. The van der Waals surface area contributed by atoms with Crippen LogP contribution in [0.3, 0.4) is 0 Å². The number of rotatable bonds is 3. The summed E-state index contributed by atoms with van der Waals surface area (Å²) in [7, 11) is 0. The smallest absolute Gasteiger partial charge is 0.242 e. The largest absolute Gasteiger partial charge is 0.386 e. The summed E-state index contributed by atoms with van der Waals surface area (Å²) in [6.07, 6.45) is 3.81. The van der Waals surface area contributed by atoms with Crippen LogP contribution in [0.25, 0.3) is 0 Å². The molecule has 2 rings (SSSR count). The van der Waals surface area contributed by atoms with Gasteiger partial charge in [0.2, 0.25) is 5.91 Å². The SMILES string of the molecule is NC(C(=O)N1CCCC1)C(O)c1ccncc1Cl. The molecular weight excluding hydrogens is 254 g/mol. The Kier molecular flexibility index (Phi) is 4.16. The highest BCUT2D eigenvalue weighted by Gasteiger charge is 2.30. The maximum Gasteiger partial charge on any atom is 0.242 e. The summed E-state index contributed by atoms with van der Waals surface area (Å²) in [6, 6.07) is 0.590. The Morgan fingerprint density at radius 3 is 2.78 bits per heavy atom. The number of carbonyl (C=O) groups is 1. The Morgan fingerprint density at radius 2 is 2.17 bits per heavy atom. The maximum absolute atomic E-state index is 12.1. The number of hydrogen-bond donors (Lipinski definition) is 2. The zero-order valence-corrected chi connectivity index (χ0v) is 10.7. The molecule has 1 aromatic heterocycles. The van der Waals surface area contributed by atoms with Gasteiger partial charge in [0, 0.05) is 31.0 Å². The van der Waals surface area contributed by atoms with Crippen molar-refractivity contribution < 1.29 is 9.90 Å². The van der Waals surface area contributed by atoms with Crippen LogP contribution >= 0.6 is 11.6 Å². The summed E-state index contributed by atoms with van der Waals surface area (Å²) < 4.78 is 0. The van der Waals surface area contributed by atoms with E-state index >= 15 is 0 Å². The van der Waals surface area contributed by atoms with Crippen LogP contribution in [-0.4, -0.2) is 40.0 Å². The van der Waals surface area contributed by atoms with E-state index in [1.54, 1.807) is 11.0 Å². The average molecular weight is 270 g/mol. The molecule has 2 unspecified atom stereocenters. The first-order chi connectivity index (χ1) is 8.61. The van der Waals surface area contributed by atoms with Crippen molar-refractivity contribution in [3.63, 3.8) is 0 Å². The standard InChI is InChI=1S/C12H16ClN3O2/c13-9-7-15-4-3-8(9)11(17)10(14)12(18)16-5-1-2-6-16/h3-4,7,10-11,17H,1-2,5-6,14H2. The number of pyridine rings is 1. The fourth-order valence-electron chi connectivity index (χ4n) is 2.10. The van der Waals surface area contributed by atoms with Crippen molar-refractivity contribution in [2.75, 3.05) is 13.1 Å². The van der Waals surface area contributed by atoms with Crippen LogP contribution in [0, 0.1) is 0 Å². The number of amides is 1. The molecule has 6 heteroatoms. The monoisotopic (exact) mass is 269 g/mol. The Morgan fingerprint density at radius 1 is 1.50 bits per heavy atom. The van der Waals surface area contributed by atoms with Crippen molar-refractivity contribution in [1.29, 1.82) is 0 Å². The second-order valence-corrected chi connectivity index (χ2v) is 4.81. The summed E-state index contributed by atoms with van der Waals surface area (Å²) in [5.74, 6) is -0.229. The minimum atomic E-state index is -1.10. The highest BCUT2D eigenvalue weighted by Crippen LogP contribution is 2.24. The lowest BCUT2D eigenvalue weighted by atomic mass is 10.0. The number of nitrogens with two attached hydrogens (primary N) is 1. The molecule has 0 aliphatic carbocycles. The number of aliphatic hydroxyl groups is 1. The Labute approximate surface area is 111 Å². The van der Waals surface area contributed by atoms with Crippen molar-refractivity contribution in [1.82, 2.24) is 9.88 Å². The second-order valence-electron chi connectivity index (χ2n) is 4.40. The normalized spacial score (nSPS) is 18.7. The molecule has 18 heavy (non-hydrogen) atoms. The van der Waals surface area contributed by atoms with Gasteiger partial charge in [-0.1, -0.05) is 11.6 Å². The van der Waals surface area contributed by atoms with Crippen molar-refractivity contribution in [3.05, 3.63) is 29.0 Å². The Hall–Kier alpha value is -1.17. The van der Waals surface area contributed by atoms with Gasteiger partial charge in [-0.05, 0) is 18.9 Å². The molecule has 3 N–H and O–H groups in total. The number of likely N-dealkylation sites (tertiary alicyclic amines) is 1. The third kappa shape index (κ3) is 2.63. The molecule has 98 valence electrons. The molecule has 1 amide bonds. The molecule has 5 nitrogen and oxygen atoms in total. The van der Waals surface area contributed by atoms with E-state index in [4.69, 9.17) is 17.3 Å². The van der Waals surface area contributed by atoms with Crippen LogP contribution < -0.4 is 5.73 Å². The maximum atomic E-state index is 12.1. The number of halogens is 1. The Balaban J connectivity index is 2.10. The van der Waals surface area contributed by atoms with Crippen molar-refractivity contribution in [3.8, 4) is 0 Å². The molecule has 1 aliphatic rings. The quantitative estimate of drug-likeness (QED) is 0.847. The molecule has 0 radical (unpaired) electrons. The van der Waals surface area contributed by atoms with Gasteiger partial charge >= 0.3 is 0 Å². The number of carbonyl (C=O) groups excluding carboxylic acids is 1. The first-order valence-electron chi connectivity index (χ1n) is 5.93. The molecule has 0 aromatic carbocycles. The van der Waals surface area contributed by atoms with Crippen LogP contribution in [0.5, 0.6) is 0 Å². The van der Waals surface area contributed by atoms with Crippen molar-refractivity contribution >= 4 is 17.5 Å². The molecule has 1 aliphatic heterocycles. The lowest BCUT2D eigenvalue weighted by molar-refractivity contribution is -0.134. The van der Waals surface area contributed by atoms with Gasteiger partial charge in [-0.25, -0.2) is 0 Å². The van der Waals surface area contributed by atoms with E-state index in [1.807, 2.05) is 0 Å². The molecule has 1 saturated heterocycles. The van der Waals surface area contributed by atoms with Crippen LogP contribution in [0.4, 0.5) is 0 Å². The van der Waals surface area contributed by atoms with Crippen LogP contribution in [0.15, 0.2) is 18.5 Å². The third-order valence-corrected chi connectivity index (χ3v) is 3.48. The molecular formula is C12H16ClN3O2. The van der Waals surface area contributed by atoms with Crippen molar-refractivity contribution in [2.24, 2.45) is 5.73 Å². The third-order valence-electron chi connectivity index (χ3n) is 3.17. The molecule has 2 atom stereocenters. The van der Waals surface area contributed by atoms with Crippen LogP contribution in [-0.2, 0) is 4.79 Å². The lowest BCUT2D eigenvalue weighted by Crippen LogP contribution is -2.45. The zero-order valence-electron chi connectivity index (χ0n) is 9.92. The van der Waals surface area contributed by atoms with Gasteiger partial charge in [0.25, 0.3) is 0 Å². The van der Waals surface area contributed by atoms with Gasteiger partial charge in [-0.15, -0.1) is 0 Å². The van der Waals surface area contributed by atoms with Gasteiger partial charge in [0.05, 0.1) is 5.02 Å². The summed E-state index contributed by atoms with van der Waals surface area (Å²) in [6.45, 7) is 1.42. The molecule has 0 spiro atoms. The van der Waals surface area contributed by atoms with Gasteiger partial charge in [0.15, 0.2) is 0 Å². The van der Waals surface area contributed by atoms with Crippen LogP contribution in [0.2, 0.25) is 5.02 Å². The van der Waals surface area contributed by atoms with Gasteiger partial charge in [-0.3, -0.25) is 9.78 Å². The van der Waals surface area contributed by atoms with Crippen molar-refractivity contribution in [2.45, 2.75) is 25.0 Å². The Bertz CT molecular complexity index is 435. The predicted octanol–water partition coefficient (Wildman–Crippen LogP) is 0.718. The fraction of sp³-hybridized carbons (Fsp3) is 0.500. The van der Waals surface area contributed by atoms with E-state index < -0.39 is 12.1 Å². The van der Waals surface area contributed by atoms with E-state index in [0.29, 0.717) is 23.7 Å². The van der Waals surface area contributed by atoms with E-state index in [2.05, 4.69) is 4.98 Å². The first-order valence-corrected chi connectivity index (χ1v) is 6.31. The molecule has 0 bridgehead atoms. The minimum Gasteiger partial charge on any atom is -0.386 e. The fourth-order valence-corrected chi connectivity index (χ4v) is 2.33. The van der Waals surface area contributed by atoms with Gasteiger partial charge in [-0.2, -0.15) is 0 Å². The lowest BCUT2D eigenvalue weighted by Gasteiger charge is -2.24.